The van der Waals surface area contributed by atoms with Crippen LogP contribution in [-0.2, 0) is 6.54 Å². The molecule has 3 aromatic rings. The number of pyridine rings is 2. The van der Waals surface area contributed by atoms with Crippen LogP contribution in [0.3, 0.4) is 0 Å². The van der Waals surface area contributed by atoms with E-state index in [9.17, 15) is 0 Å². The molecule has 5 nitrogen and oxygen atoms in total. The highest BCUT2D eigenvalue weighted by molar-refractivity contribution is 5.64. The van der Waals surface area contributed by atoms with Gasteiger partial charge in [0.25, 0.3) is 0 Å². The SMILES string of the molecule is Cc1nc2ccccn2c1CNc1cccnc1N(C)C. The van der Waals surface area contributed by atoms with E-state index in [0.29, 0.717) is 6.54 Å². The summed E-state index contributed by atoms with van der Waals surface area (Å²) in [6.45, 7) is 2.75. The van der Waals surface area contributed by atoms with Crippen molar-refractivity contribution >= 4 is 17.2 Å². The van der Waals surface area contributed by atoms with Crippen LogP contribution in [0.15, 0.2) is 42.7 Å². The highest BCUT2D eigenvalue weighted by atomic mass is 15.2. The number of aryl methyl sites for hydroxylation is 1. The molecule has 3 heterocycles. The number of rotatable bonds is 4. The summed E-state index contributed by atoms with van der Waals surface area (Å²) in [4.78, 5) is 11.0. The molecule has 0 radical (unpaired) electrons. The van der Waals surface area contributed by atoms with Crippen molar-refractivity contribution in [1.29, 1.82) is 0 Å². The standard InChI is InChI=1S/C16H19N5/c1-12-14(21-10-5-4-8-15(21)19-12)11-18-13-7-6-9-17-16(13)20(2)3/h4-10,18H,11H2,1-3H3. The van der Waals surface area contributed by atoms with Gasteiger partial charge in [0, 0.05) is 26.5 Å². The zero-order chi connectivity index (χ0) is 14.8. The van der Waals surface area contributed by atoms with Crippen molar-refractivity contribution in [3.05, 3.63) is 54.1 Å². The topological polar surface area (TPSA) is 45.5 Å². The fourth-order valence-corrected chi connectivity index (χ4v) is 2.45. The first kappa shape index (κ1) is 13.4. The molecule has 1 N–H and O–H groups in total. The molecule has 3 aromatic heterocycles. The number of fused-ring (bicyclic) bond motifs is 1. The van der Waals surface area contributed by atoms with Gasteiger partial charge in [0.2, 0.25) is 0 Å². The number of imidazole rings is 1. The summed E-state index contributed by atoms with van der Waals surface area (Å²) in [5.74, 6) is 0.934. The van der Waals surface area contributed by atoms with Crippen molar-refractivity contribution in [2.24, 2.45) is 0 Å². The van der Waals surface area contributed by atoms with Gasteiger partial charge in [0.1, 0.15) is 5.65 Å². The van der Waals surface area contributed by atoms with Crippen LogP contribution < -0.4 is 10.2 Å². The molecular formula is C16H19N5. The molecule has 0 amide bonds. The quantitative estimate of drug-likeness (QED) is 0.798. The first-order valence-electron chi connectivity index (χ1n) is 6.95. The first-order chi connectivity index (χ1) is 10.2. The normalized spacial score (nSPS) is 10.8. The van der Waals surface area contributed by atoms with E-state index in [1.165, 1.54) is 5.69 Å². The molecule has 0 bridgehead atoms. The Bertz CT molecular complexity index is 760. The van der Waals surface area contributed by atoms with Gasteiger partial charge in [-0.2, -0.15) is 0 Å². The molecule has 0 aromatic carbocycles. The maximum Gasteiger partial charge on any atom is 0.151 e. The van der Waals surface area contributed by atoms with Crippen molar-refractivity contribution in [2.75, 3.05) is 24.3 Å². The molecule has 0 aliphatic rings. The van der Waals surface area contributed by atoms with E-state index in [-0.39, 0.29) is 0 Å². The van der Waals surface area contributed by atoms with Gasteiger partial charge in [-0.05, 0) is 31.2 Å². The number of nitrogens with one attached hydrogen (secondary N) is 1. The maximum atomic E-state index is 4.58. The first-order valence-corrected chi connectivity index (χ1v) is 6.95. The zero-order valence-electron chi connectivity index (χ0n) is 12.5. The summed E-state index contributed by atoms with van der Waals surface area (Å²) < 4.78 is 2.12. The smallest absolute Gasteiger partial charge is 0.151 e. The molecule has 0 aliphatic heterocycles. The predicted octanol–water partition coefficient (Wildman–Crippen LogP) is 2.72. The lowest BCUT2D eigenvalue weighted by atomic mass is 10.3. The Morgan fingerprint density at radius 2 is 2.05 bits per heavy atom. The Morgan fingerprint density at radius 1 is 1.19 bits per heavy atom. The van der Waals surface area contributed by atoms with Crippen LogP contribution in [0, 0.1) is 6.92 Å². The van der Waals surface area contributed by atoms with Crippen molar-refractivity contribution in [2.45, 2.75) is 13.5 Å². The third kappa shape index (κ3) is 2.54. The van der Waals surface area contributed by atoms with Gasteiger partial charge >= 0.3 is 0 Å². The summed E-state index contributed by atoms with van der Waals surface area (Å²) in [5, 5.41) is 3.46. The minimum Gasteiger partial charge on any atom is -0.376 e. The second-order valence-corrected chi connectivity index (χ2v) is 5.20. The molecule has 0 unspecified atom stereocenters. The lowest BCUT2D eigenvalue weighted by Crippen LogP contribution is -2.14. The third-order valence-corrected chi connectivity index (χ3v) is 3.49. The second kappa shape index (κ2) is 5.44. The van der Waals surface area contributed by atoms with E-state index < -0.39 is 0 Å². The molecule has 21 heavy (non-hydrogen) atoms. The molecule has 5 heteroatoms. The van der Waals surface area contributed by atoms with Crippen molar-refractivity contribution in [3.63, 3.8) is 0 Å². The molecular weight excluding hydrogens is 262 g/mol. The third-order valence-electron chi connectivity index (χ3n) is 3.49. The van der Waals surface area contributed by atoms with E-state index in [4.69, 9.17) is 0 Å². The summed E-state index contributed by atoms with van der Waals surface area (Å²) in [6, 6.07) is 10.0. The summed E-state index contributed by atoms with van der Waals surface area (Å²) in [7, 11) is 3.99. The monoisotopic (exact) mass is 281 g/mol. The highest BCUT2D eigenvalue weighted by Gasteiger charge is 2.10. The molecule has 0 saturated heterocycles. The molecule has 0 atom stereocenters. The van der Waals surface area contributed by atoms with Crippen molar-refractivity contribution < 1.29 is 0 Å². The van der Waals surface area contributed by atoms with Crippen LogP contribution in [0.25, 0.3) is 5.65 Å². The summed E-state index contributed by atoms with van der Waals surface area (Å²) >= 11 is 0. The van der Waals surface area contributed by atoms with Gasteiger partial charge in [-0.25, -0.2) is 9.97 Å². The maximum absolute atomic E-state index is 4.58. The van der Waals surface area contributed by atoms with Crippen LogP contribution in [0.5, 0.6) is 0 Å². The van der Waals surface area contributed by atoms with E-state index in [0.717, 1.165) is 22.8 Å². The number of aromatic nitrogens is 3. The molecule has 0 aliphatic carbocycles. The number of hydrogen-bond donors (Lipinski definition) is 1. The Kier molecular flexibility index (Phi) is 3.48. The van der Waals surface area contributed by atoms with E-state index in [1.807, 2.05) is 62.4 Å². The largest absolute Gasteiger partial charge is 0.376 e. The molecule has 0 saturated carbocycles. The Morgan fingerprint density at radius 3 is 2.86 bits per heavy atom. The molecule has 3 rings (SSSR count). The highest BCUT2D eigenvalue weighted by Crippen LogP contribution is 2.22. The van der Waals surface area contributed by atoms with Crippen molar-refractivity contribution in [1.82, 2.24) is 14.4 Å². The Hall–Kier alpha value is -2.56. The predicted molar refractivity (Wildman–Crippen MR) is 85.8 cm³/mol. The minimum atomic E-state index is 0.712. The van der Waals surface area contributed by atoms with Gasteiger partial charge in [-0.3, -0.25) is 0 Å². The van der Waals surface area contributed by atoms with E-state index in [2.05, 4.69) is 19.7 Å². The fraction of sp³-hybridized carbons (Fsp3) is 0.250. The van der Waals surface area contributed by atoms with E-state index in [1.54, 1.807) is 6.20 Å². The van der Waals surface area contributed by atoms with Gasteiger partial charge in [0.15, 0.2) is 5.82 Å². The molecule has 0 fully saturated rings. The van der Waals surface area contributed by atoms with Crippen LogP contribution in [0.2, 0.25) is 0 Å². The molecule has 0 spiro atoms. The average Bonchev–Trinajstić information content (AvgIpc) is 2.81. The Labute approximate surface area is 124 Å². The van der Waals surface area contributed by atoms with Gasteiger partial charge in [-0.1, -0.05) is 6.07 Å². The second-order valence-electron chi connectivity index (χ2n) is 5.20. The lowest BCUT2D eigenvalue weighted by molar-refractivity contribution is 0.977. The van der Waals surface area contributed by atoms with Crippen LogP contribution in [0.1, 0.15) is 11.4 Å². The summed E-state index contributed by atoms with van der Waals surface area (Å²) in [5.41, 5.74) is 4.21. The van der Waals surface area contributed by atoms with Crippen molar-refractivity contribution in [3.8, 4) is 0 Å². The average molecular weight is 281 g/mol. The van der Waals surface area contributed by atoms with Gasteiger partial charge in [-0.15, -0.1) is 0 Å². The molecule has 108 valence electrons. The van der Waals surface area contributed by atoms with Crippen LogP contribution in [0.4, 0.5) is 11.5 Å². The minimum absolute atomic E-state index is 0.712. The zero-order valence-corrected chi connectivity index (χ0v) is 12.5. The Balaban J connectivity index is 1.89. The van der Waals surface area contributed by atoms with Gasteiger partial charge in [0.05, 0.1) is 23.6 Å². The van der Waals surface area contributed by atoms with Gasteiger partial charge < -0.3 is 14.6 Å². The van der Waals surface area contributed by atoms with E-state index >= 15 is 0 Å². The fourth-order valence-electron chi connectivity index (χ4n) is 2.45. The number of nitrogens with zero attached hydrogens (tertiary/aromatic N) is 4. The van der Waals surface area contributed by atoms with Crippen LogP contribution >= 0.6 is 0 Å². The number of anilines is 2. The lowest BCUT2D eigenvalue weighted by Gasteiger charge is -2.17. The van der Waals surface area contributed by atoms with Crippen LogP contribution in [-0.4, -0.2) is 28.5 Å². The summed E-state index contributed by atoms with van der Waals surface area (Å²) in [6.07, 6.45) is 3.85. The number of hydrogen-bond acceptors (Lipinski definition) is 4.